The Morgan fingerprint density at radius 3 is 2.48 bits per heavy atom. The first-order valence-corrected chi connectivity index (χ1v) is 9.07. The Labute approximate surface area is 159 Å². The van der Waals surface area contributed by atoms with E-state index in [1.165, 1.54) is 0 Å². The highest BCUT2D eigenvalue weighted by Crippen LogP contribution is 2.43. The zero-order chi connectivity index (χ0) is 19.0. The molecule has 0 amide bonds. The van der Waals surface area contributed by atoms with E-state index < -0.39 is 5.97 Å². The molecule has 2 aromatic carbocycles. The molecule has 6 heteroatoms. The molecular weight excluding hydrogens is 360 g/mol. The first-order valence-electron chi connectivity index (χ1n) is 8.25. The van der Waals surface area contributed by atoms with Crippen LogP contribution in [0.3, 0.4) is 0 Å². The summed E-state index contributed by atoms with van der Waals surface area (Å²) in [5.41, 5.74) is 9.78. The van der Waals surface area contributed by atoms with Gasteiger partial charge in [0.1, 0.15) is 15.5 Å². The largest absolute Gasteiger partial charge is 0.496 e. The van der Waals surface area contributed by atoms with Gasteiger partial charge in [-0.3, -0.25) is 0 Å². The second-order valence-corrected chi connectivity index (χ2v) is 6.95. The van der Waals surface area contributed by atoms with Crippen LogP contribution in [0.1, 0.15) is 9.67 Å². The molecule has 27 heavy (non-hydrogen) atoms. The van der Waals surface area contributed by atoms with Crippen LogP contribution in [0.2, 0.25) is 0 Å². The molecule has 0 atom stereocenters. The second kappa shape index (κ2) is 6.74. The SMILES string of the molecule is COc1ccccc1-c1cc(-c2ccccc2)nc2sc(C(=O)O)c(N)c12. The molecule has 4 rings (SSSR count). The van der Waals surface area contributed by atoms with Crippen molar-refractivity contribution in [2.45, 2.75) is 0 Å². The predicted molar refractivity (Wildman–Crippen MR) is 108 cm³/mol. The number of nitrogen functional groups attached to an aromatic ring is 1. The van der Waals surface area contributed by atoms with Crippen LogP contribution >= 0.6 is 11.3 Å². The van der Waals surface area contributed by atoms with Crippen LogP contribution in [-0.4, -0.2) is 23.2 Å². The number of aromatic nitrogens is 1. The maximum absolute atomic E-state index is 11.6. The maximum Gasteiger partial charge on any atom is 0.348 e. The van der Waals surface area contributed by atoms with Gasteiger partial charge in [0, 0.05) is 16.5 Å². The Morgan fingerprint density at radius 1 is 1.07 bits per heavy atom. The van der Waals surface area contributed by atoms with E-state index in [0.29, 0.717) is 16.0 Å². The van der Waals surface area contributed by atoms with E-state index in [1.54, 1.807) is 7.11 Å². The number of ether oxygens (including phenoxy) is 1. The molecule has 134 valence electrons. The average Bonchev–Trinajstić information content (AvgIpc) is 3.05. The fourth-order valence-electron chi connectivity index (χ4n) is 3.12. The first-order chi connectivity index (χ1) is 13.1. The summed E-state index contributed by atoms with van der Waals surface area (Å²) in [5.74, 6) is -0.366. The van der Waals surface area contributed by atoms with Crippen molar-refractivity contribution in [1.29, 1.82) is 0 Å². The normalized spacial score (nSPS) is 10.9. The van der Waals surface area contributed by atoms with Gasteiger partial charge in [0.05, 0.1) is 18.5 Å². The zero-order valence-electron chi connectivity index (χ0n) is 14.5. The van der Waals surface area contributed by atoms with E-state index in [9.17, 15) is 9.90 Å². The zero-order valence-corrected chi connectivity index (χ0v) is 15.3. The van der Waals surface area contributed by atoms with E-state index in [-0.39, 0.29) is 10.6 Å². The monoisotopic (exact) mass is 376 g/mol. The summed E-state index contributed by atoms with van der Waals surface area (Å²) < 4.78 is 5.51. The molecule has 4 aromatic rings. The second-order valence-electron chi connectivity index (χ2n) is 5.95. The molecule has 0 aliphatic rings. The molecule has 0 aliphatic heterocycles. The van der Waals surface area contributed by atoms with Gasteiger partial charge >= 0.3 is 5.97 Å². The molecule has 0 aliphatic carbocycles. The van der Waals surface area contributed by atoms with E-state index >= 15 is 0 Å². The molecule has 0 saturated carbocycles. The van der Waals surface area contributed by atoms with Gasteiger partial charge < -0.3 is 15.6 Å². The quantitative estimate of drug-likeness (QED) is 0.528. The minimum Gasteiger partial charge on any atom is -0.496 e. The molecule has 0 radical (unpaired) electrons. The molecule has 5 nitrogen and oxygen atoms in total. The number of rotatable bonds is 4. The van der Waals surface area contributed by atoms with Crippen LogP contribution in [0.25, 0.3) is 32.6 Å². The van der Waals surface area contributed by atoms with E-state index in [4.69, 9.17) is 10.5 Å². The number of fused-ring (bicyclic) bond motifs is 1. The number of carbonyl (C=O) groups is 1. The molecule has 0 unspecified atom stereocenters. The van der Waals surface area contributed by atoms with Crippen molar-refractivity contribution >= 4 is 33.2 Å². The number of nitrogens with two attached hydrogens (primary N) is 1. The van der Waals surface area contributed by atoms with E-state index in [1.807, 2.05) is 60.7 Å². The van der Waals surface area contributed by atoms with Crippen LogP contribution in [0.15, 0.2) is 60.7 Å². The molecule has 0 saturated heterocycles. The number of benzene rings is 2. The summed E-state index contributed by atoms with van der Waals surface area (Å²) in [6.07, 6.45) is 0. The highest BCUT2D eigenvalue weighted by atomic mass is 32.1. The van der Waals surface area contributed by atoms with Crippen molar-refractivity contribution in [3.05, 3.63) is 65.5 Å². The third-order valence-electron chi connectivity index (χ3n) is 4.36. The minimum absolute atomic E-state index is 0.0962. The van der Waals surface area contributed by atoms with Crippen molar-refractivity contribution in [3.63, 3.8) is 0 Å². The van der Waals surface area contributed by atoms with Crippen molar-refractivity contribution < 1.29 is 14.6 Å². The number of anilines is 1. The fourth-order valence-corrected chi connectivity index (χ4v) is 4.07. The summed E-state index contributed by atoms with van der Waals surface area (Å²) in [6, 6.07) is 19.3. The highest BCUT2D eigenvalue weighted by molar-refractivity contribution is 7.21. The van der Waals surface area contributed by atoms with E-state index in [0.717, 1.165) is 33.7 Å². The molecular formula is C21H16N2O3S. The lowest BCUT2D eigenvalue weighted by atomic mass is 9.99. The molecule has 0 spiro atoms. The number of hydrogen-bond donors (Lipinski definition) is 2. The fraction of sp³-hybridized carbons (Fsp3) is 0.0476. The van der Waals surface area contributed by atoms with Gasteiger partial charge in [-0.1, -0.05) is 48.5 Å². The number of carboxylic acids is 1. The first kappa shape index (κ1) is 17.1. The summed E-state index contributed by atoms with van der Waals surface area (Å²) in [7, 11) is 1.61. The van der Waals surface area contributed by atoms with E-state index in [2.05, 4.69) is 4.98 Å². The lowest BCUT2D eigenvalue weighted by Gasteiger charge is -2.12. The smallest absolute Gasteiger partial charge is 0.348 e. The maximum atomic E-state index is 11.6. The van der Waals surface area contributed by atoms with Gasteiger partial charge in [0.25, 0.3) is 0 Å². The highest BCUT2D eigenvalue weighted by Gasteiger charge is 2.22. The third kappa shape index (κ3) is 2.90. The number of para-hydroxylation sites is 1. The topological polar surface area (TPSA) is 85.4 Å². The predicted octanol–water partition coefficient (Wildman–Crippen LogP) is 4.92. The van der Waals surface area contributed by atoms with Crippen LogP contribution in [-0.2, 0) is 0 Å². The molecule has 3 N–H and O–H groups in total. The van der Waals surface area contributed by atoms with Gasteiger partial charge in [-0.05, 0) is 17.7 Å². The van der Waals surface area contributed by atoms with Gasteiger partial charge in [-0.25, -0.2) is 9.78 Å². The lowest BCUT2D eigenvalue weighted by Crippen LogP contribution is -1.98. The minimum atomic E-state index is -1.05. The summed E-state index contributed by atoms with van der Waals surface area (Å²) in [6.45, 7) is 0. The lowest BCUT2D eigenvalue weighted by molar-refractivity contribution is 0.0703. The molecule has 2 heterocycles. The van der Waals surface area contributed by atoms with Crippen molar-refractivity contribution in [3.8, 4) is 28.1 Å². The number of aromatic carboxylic acids is 1. The standard InChI is InChI=1S/C21H16N2O3S/c1-26-16-10-6-5-9-13(16)14-11-15(12-7-3-2-4-8-12)23-20-17(14)18(22)19(27-20)21(24)25/h2-11H,22H2,1H3,(H,24,25). The Hall–Kier alpha value is -3.38. The van der Waals surface area contributed by atoms with Crippen molar-refractivity contribution in [1.82, 2.24) is 4.98 Å². The van der Waals surface area contributed by atoms with Crippen LogP contribution in [0.4, 0.5) is 5.69 Å². The number of methoxy groups -OCH3 is 1. The summed E-state index contributed by atoms with van der Waals surface area (Å²) in [4.78, 5) is 17.0. The van der Waals surface area contributed by atoms with Crippen LogP contribution < -0.4 is 10.5 Å². The number of nitrogens with zero attached hydrogens (tertiary/aromatic N) is 1. The number of thiophene rings is 1. The van der Waals surface area contributed by atoms with Gasteiger partial charge in [-0.15, -0.1) is 11.3 Å². The van der Waals surface area contributed by atoms with Crippen molar-refractivity contribution in [2.75, 3.05) is 12.8 Å². The van der Waals surface area contributed by atoms with Crippen molar-refractivity contribution in [2.24, 2.45) is 0 Å². The summed E-state index contributed by atoms with van der Waals surface area (Å²) in [5, 5.41) is 10.1. The number of hydrogen-bond acceptors (Lipinski definition) is 5. The molecule has 0 bridgehead atoms. The Bertz CT molecular complexity index is 1150. The Morgan fingerprint density at radius 2 is 1.78 bits per heavy atom. The molecule has 0 fully saturated rings. The van der Waals surface area contributed by atoms with Gasteiger partial charge in [0.15, 0.2) is 0 Å². The third-order valence-corrected chi connectivity index (χ3v) is 5.45. The number of carboxylic acid groups (broad SMARTS) is 1. The molecule has 2 aromatic heterocycles. The van der Waals surface area contributed by atoms with Gasteiger partial charge in [0.2, 0.25) is 0 Å². The Kier molecular flexibility index (Phi) is 4.25. The number of pyridine rings is 1. The van der Waals surface area contributed by atoms with Crippen LogP contribution in [0.5, 0.6) is 5.75 Å². The average molecular weight is 376 g/mol. The van der Waals surface area contributed by atoms with Gasteiger partial charge in [-0.2, -0.15) is 0 Å². The Balaban J connectivity index is 2.09. The van der Waals surface area contributed by atoms with Crippen LogP contribution in [0, 0.1) is 0 Å². The summed E-state index contributed by atoms with van der Waals surface area (Å²) >= 11 is 1.09.